The maximum Gasteiger partial charge on any atom is 0.308 e. The van der Waals surface area contributed by atoms with Crippen LogP contribution in [0.4, 0.5) is 0 Å². The summed E-state index contributed by atoms with van der Waals surface area (Å²) in [6, 6.07) is 3.66. The van der Waals surface area contributed by atoms with Gasteiger partial charge in [0.2, 0.25) is 0 Å². The molecule has 0 saturated carbocycles. The van der Waals surface area contributed by atoms with Crippen molar-refractivity contribution in [2.45, 2.75) is 19.9 Å². The molecule has 0 unspecified atom stereocenters. The van der Waals surface area contributed by atoms with Crippen molar-refractivity contribution in [2.24, 2.45) is 11.0 Å². The summed E-state index contributed by atoms with van der Waals surface area (Å²) in [4.78, 5) is 18.0. The maximum atomic E-state index is 11.2. The molecule has 0 N–H and O–H groups in total. The highest BCUT2D eigenvalue weighted by Gasteiger charge is 2.13. The van der Waals surface area contributed by atoms with Crippen molar-refractivity contribution in [1.82, 2.24) is 4.98 Å². The summed E-state index contributed by atoms with van der Waals surface area (Å²) in [7, 11) is 1.38. The van der Waals surface area contributed by atoms with Crippen molar-refractivity contribution in [3.63, 3.8) is 0 Å². The van der Waals surface area contributed by atoms with Crippen LogP contribution < -0.4 is 0 Å². The number of methoxy groups -OCH3 is 1. The molecule has 0 bridgehead atoms. The number of azide groups is 1. The van der Waals surface area contributed by atoms with Crippen molar-refractivity contribution >= 4 is 5.97 Å². The van der Waals surface area contributed by atoms with Crippen molar-refractivity contribution in [1.29, 1.82) is 0 Å². The first-order valence-electron chi connectivity index (χ1n) is 5.20. The van der Waals surface area contributed by atoms with E-state index < -0.39 is 0 Å². The number of carbonyl (C=O) groups excluding carboxylic acids is 1. The molecule has 0 fully saturated rings. The molecule has 0 aromatic carbocycles. The summed E-state index contributed by atoms with van der Waals surface area (Å²) in [6.07, 6.45) is 2.27. The predicted octanol–water partition coefficient (Wildman–Crippen LogP) is 2.24. The highest BCUT2D eigenvalue weighted by molar-refractivity contribution is 5.72. The van der Waals surface area contributed by atoms with Gasteiger partial charge in [-0.05, 0) is 23.6 Å². The third-order valence-corrected chi connectivity index (χ3v) is 2.33. The van der Waals surface area contributed by atoms with Crippen LogP contribution in [-0.2, 0) is 22.5 Å². The van der Waals surface area contributed by atoms with Gasteiger partial charge in [-0.2, -0.15) is 0 Å². The van der Waals surface area contributed by atoms with Gasteiger partial charge < -0.3 is 4.74 Å². The molecular formula is C11H14N4O2. The lowest BCUT2D eigenvalue weighted by molar-refractivity contribution is -0.144. The largest absolute Gasteiger partial charge is 0.469 e. The Morgan fingerprint density at radius 2 is 2.41 bits per heavy atom. The van der Waals surface area contributed by atoms with E-state index in [2.05, 4.69) is 19.7 Å². The quantitative estimate of drug-likeness (QED) is 0.338. The molecule has 0 spiro atoms. The van der Waals surface area contributed by atoms with E-state index in [9.17, 15) is 4.79 Å². The van der Waals surface area contributed by atoms with E-state index in [1.807, 2.05) is 6.07 Å². The van der Waals surface area contributed by atoms with Gasteiger partial charge in [-0.25, -0.2) is 0 Å². The molecule has 1 rings (SSSR count). The van der Waals surface area contributed by atoms with E-state index in [0.717, 1.165) is 5.56 Å². The number of nitrogens with zero attached hydrogens (tertiary/aromatic N) is 4. The molecule has 1 heterocycles. The van der Waals surface area contributed by atoms with Crippen LogP contribution in [-0.4, -0.2) is 18.1 Å². The lowest BCUT2D eigenvalue weighted by Crippen LogP contribution is -2.15. The molecule has 0 radical (unpaired) electrons. The first-order valence-corrected chi connectivity index (χ1v) is 5.20. The van der Waals surface area contributed by atoms with Gasteiger partial charge in [0.25, 0.3) is 0 Å². The SMILES string of the molecule is COC(=O)[C@@H](C)Cc1ccc(CN=[N+]=[N-])nc1. The Hall–Kier alpha value is -2.07. The summed E-state index contributed by atoms with van der Waals surface area (Å²) < 4.78 is 4.65. The van der Waals surface area contributed by atoms with Crippen LogP contribution in [0, 0.1) is 5.92 Å². The minimum Gasteiger partial charge on any atom is -0.469 e. The Morgan fingerprint density at radius 3 is 2.94 bits per heavy atom. The first-order chi connectivity index (χ1) is 8.17. The van der Waals surface area contributed by atoms with Gasteiger partial charge >= 0.3 is 5.97 Å². The second-order valence-corrected chi connectivity index (χ2v) is 3.68. The number of esters is 1. The average Bonchev–Trinajstić information content (AvgIpc) is 2.37. The highest BCUT2D eigenvalue weighted by Crippen LogP contribution is 2.10. The number of pyridine rings is 1. The van der Waals surface area contributed by atoms with E-state index in [4.69, 9.17) is 5.53 Å². The van der Waals surface area contributed by atoms with Crippen molar-refractivity contribution < 1.29 is 9.53 Å². The van der Waals surface area contributed by atoms with E-state index >= 15 is 0 Å². The summed E-state index contributed by atoms with van der Waals surface area (Å²) in [5.41, 5.74) is 9.83. The molecule has 0 amide bonds. The van der Waals surface area contributed by atoms with E-state index in [0.29, 0.717) is 12.1 Å². The van der Waals surface area contributed by atoms with Crippen LogP contribution >= 0.6 is 0 Å². The second-order valence-electron chi connectivity index (χ2n) is 3.68. The molecule has 6 heteroatoms. The summed E-state index contributed by atoms with van der Waals surface area (Å²) >= 11 is 0. The molecular weight excluding hydrogens is 220 g/mol. The molecule has 0 aliphatic rings. The number of ether oxygens (including phenoxy) is 1. The van der Waals surface area contributed by atoms with Crippen LogP contribution in [0.25, 0.3) is 10.4 Å². The minimum absolute atomic E-state index is 0.190. The molecule has 0 aliphatic carbocycles. The highest BCUT2D eigenvalue weighted by atomic mass is 16.5. The third-order valence-electron chi connectivity index (χ3n) is 2.33. The lowest BCUT2D eigenvalue weighted by Gasteiger charge is -2.08. The Bertz CT molecular complexity index is 424. The fraction of sp³-hybridized carbons (Fsp3) is 0.455. The Morgan fingerprint density at radius 1 is 1.65 bits per heavy atom. The van der Waals surface area contributed by atoms with Crippen LogP contribution in [0.2, 0.25) is 0 Å². The van der Waals surface area contributed by atoms with Gasteiger partial charge in [-0.1, -0.05) is 18.1 Å². The van der Waals surface area contributed by atoms with Gasteiger partial charge in [0, 0.05) is 16.8 Å². The summed E-state index contributed by atoms with van der Waals surface area (Å²) in [6.45, 7) is 2.04. The number of carbonyl (C=O) groups is 1. The fourth-order valence-corrected chi connectivity index (χ4v) is 1.41. The zero-order valence-corrected chi connectivity index (χ0v) is 9.83. The number of hydrogen-bond donors (Lipinski definition) is 0. The van der Waals surface area contributed by atoms with E-state index in [1.165, 1.54) is 7.11 Å². The first kappa shape index (κ1) is 13.0. The maximum absolute atomic E-state index is 11.2. The van der Waals surface area contributed by atoms with Crippen LogP contribution in [0.1, 0.15) is 18.2 Å². The third kappa shape index (κ3) is 4.12. The average molecular weight is 234 g/mol. The van der Waals surface area contributed by atoms with Crippen molar-refractivity contribution in [3.8, 4) is 0 Å². The van der Waals surface area contributed by atoms with Gasteiger partial charge in [0.1, 0.15) is 0 Å². The van der Waals surface area contributed by atoms with Crippen molar-refractivity contribution in [3.05, 3.63) is 40.0 Å². The Kier molecular flexibility index (Phi) is 4.97. The normalized spacial score (nSPS) is 11.4. The topological polar surface area (TPSA) is 88.0 Å². The Balaban J connectivity index is 2.61. The van der Waals surface area contributed by atoms with Crippen LogP contribution in [0.15, 0.2) is 23.4 Å². The predicted molar refractivity (Wildman–Crippen MR) is 62.0 cm³/mol. The van der Waals surface area contributed by atoms with Gasteiger partial charge in [-0.3, -0.25) is 9.78 Å². The zero-order valence-electron chi connectivity index (χ0n) is 9.83. The zero-order chi connectivity index (χ0) is 12.7. The standard InChI is InChI=1S/C11H14N4O2/c1-8(11(16)17-2)5-9-3-4-10(13-6-9)7-14-15-12/h3-4,6,8H,5,7H2,1-2H3/t8-/m0/s1. The molecule has 6 nitrogen and oxygen atoms in total. The second kappa shape index (κ2) is 6.50. The molecule has 1 aromatic heterocycles. The monoisotopic (exact) mass is 234 g/mol. The number of rotatable bonds is 5. The molecule has 90 valence electrons. The fourth-order valence-electron chi connectivity index (χ4n) is 1.41. The number of aromatic nitrogens is 1. The smallest absolute Gasteiger partial charge is 0.308 e. The molecule has 1 atom stereocenters. The Labute approximate surface area is 99.2 Å². The lowest BCUT2D eigenvalue weighted by atomic mass is 10.0. The summed E-state index contributed by atoms with van der Waals surface area (Å²) in [5, 5.41) is 3.42. The number of hydrogen-bond acceptors (Lipinski definition) is 4. The van der Waals surface area contributed by atoms with E-state index in [-0.39, 0.29) is 18.4 Å². The van der Waals surface area contributed by atoms with Gasteiger partial charge in [0.15, 0.2) is 0 Å². The van der Waals surface area contributed by atoms with Crippen LogP contribution in [0.5, 0.6) is 0 Å². The molecule has 0 saturated heterocycles. The minimum atomic E-state index is -0.233. The van der Waals surface area contributed by atoms with Gasteiger partial charge in [0.05, 0.1) is 19.6 Å². The van der Waals surface area contributed by atoms with Gasteiger partial charge in [-0.15, -0.1) is 0 Å². The van der Waals surface area contributed by atoms with Crippen LogP contribution in [0.3, 0.4) is 0 Å². The van der Waals surface area contributed by atoms with E-state index in [1.54, 1.807) is 19.2 Å². The molecule has 0 aliphatic heterocycles. The summed E-state index contributed by atoms with van der Waals surface area (Å²) in [5.74, 6) is -0.423. The molecule has 1 aromatic rings. The molecule has 17 heavy (non-hydrogen) atoms. The van der Waals surface area contributed by atoms with Crippen molar-refractivity contribution in [2.75, 3.05) is 7.11 Å².